The van der Waals surface area contributed by atoms with Crippen molar-refractivity contribution in [3.8, 4) is 0 Å². The number of nitrogens with zero attached hydrogens (tertiary/aromatic N) is 2. The maximum Gasteiger partial charge on any atom is 0.221 e. The number of rotatable bonds is 6. The summed E-state index contributed by atoms with van der Waals surface area (Å²) in [6.07, 6.45) is 4.56. The monoisotopic (exact) mass is 209 g/mol. The fourth-order valence-corrected chi connectivity index (χ4v) is 1.30. The fourth-order valence-electron chi connectivity index (χ4n) is 1.30. The van der Waals surface area contributed by atoms with Gasteiger partial charge >= 0.3 is 0 Å². The summed E-state index contributed by atoms with van der Waals surface area (Å²) in [4.78, 5) is 11.3. The molecular weight excluding hydrogens is 190 g/mol. The first-order valence-electron chi connectivity index (χ1n) is 5.49. The van der Waals surface area contributed by atoms with E-state index in [-0.39, 0.29) is 5.91 Å². The molecule has 1 aromatic heterocycles. The van der Waals surface area contributed by atoms with Crippen LogP contribution in [0.2, 0.25) is 0 Å². The Morgan fingerprint density at radius 2 is 2.40 bits per heavy atom. The molecule has 1 heterocycles. The number of unbranched alkanes of at least 4 members (excludes halogenated alkanes) is 1. The molecule has 0 atom stereocenters. The van der Waals surface area contributed by atoms with Crippen molar-refractivity contribution in [3.05, 3.63) is 18.0 Å². The highest BCUT2D eigenvalue weighted by molar-refractivity contribution is 5.75. The number of hydrogen-bond acceptors (Lipinski definition) is 2. The third-order valence-electron chi connectivity index (χ3n) is 2.19. The molecular formula is C11H19N3O. The van der Waals surface area contributed by atoms with Crippen LogP contribution >= 0.6 is 0 Å². The molecule has 1 aromatic rings. The van der Waals surface area contributed by atoms with E-state index in [2.05, 4.69) is 17.3 Å². The van der Waals surface area contributed by atoms with E-state index in [0.29, 0.717) is 13.0 Å². The molecule has 4 heteroatoms. The zero-order valence-electron chi connectivity index (χ0n) is 9.49. The molecule has 4 nitrogen and oxygen atoms in total. The summed E-state index contributed by atoms with van der Waals surface area (Å²) in [5, 5.41) is 7.10. The number of aryl methyl sites for hydroxylation is 2. The van der Waals surface area contributed by atoms with Crippen molar-refractivity contribution in [2.24, 2.45) is 0 Å². The number of carbonyl (C=O) groups is 1. The Morgan fingerprint density at radius 3 is 3.00 bits per heavy atom. The minimum atomic E-state index is 0.108. The Kier molecular flexibility index (Phi) is 4.87. The lowest BCUT2D eigenvalue weighted by molar-refractivity contribution is -0.121. The van der Waals surface area contributed by atoms with Gasteiger partial charge in [-0.25, -0.2) is 0 Å². The molecule has 15 heavy (non-hydrogen) atoms. The second kappa shape index (κ2) is 6.22. The van der Waals surface area contributed by atoms with Crippen molar-refractivity contribution in [2.45, 2.75) is 39.7 Å². The summed E-state index contributed by atoms with van der Waals surface area (Å²) in [6, 6.07) is 1.94. The number of aromatic nitrogens is 2. The topological polar surface area (TPSA) is 46.9 Å². The van der Waals surface area contributed by atoms with Gasteiger partial charge in [-0.1, -0.05) is 13.3 Å². The molecule has 0 spiro atoms. The van der Waals surface area contributed by atoms with Crippen molar-refractivity contribution in [3.63, 3.8) is 0 Å². The Hall–Kier alpha value is -1.32. The smallest absolute Gasteiger partial charge is 0.221 e. The summed E-state index contributed by atoms with van der Waals surface area (Å²) in [7, 11) is 0. The van der Waals surface area contributed by atoms with Gasteiger partial charge < -0.3 is 5.32 Å². The molecule has 84 valence electrons. The van der Waals surface area contributed by atoms with Crippen LogP contribution < -0.4 is 5.32 Å². The lowest BCUT2D eigenvalue weighted by atomic mass is 10.3. The molecule has 0 aliphatic rings. The first kappa shape index (κ1) is 11.8. The Morgan fingerprint density at radius 1 is 1.60 bits per heavy atom. The second-order valence-corrected chi connectivity index (χ2v) is 3.67. The van der Waals surface area contributed by atoms with E-state index in [1.165, 1.54) is 0 Å². The zero-order chi connectivity index (χ0) is 11.1. The second-order valence-electron chi connectivity index (χ2n) is 3.67. The average molecular weight is 209 g/mol. The molecule has 0 aliphatic carbocycles. The van der Waals surface area contributed by atoms with E-state index in [9.17, 15) is 4.79 Å². The first-order valence-corrected chi connectivity index (χ1v) is 5.49. The van der Waals surface area contributed by atoms with Crippen LogP contribution in [0.3, 0.4) is 0 Å². The van der Waals surface area contributed by atoms with Gasteiger partial charge in [0.05, 0.1) is 5.69 Å². The molecule has 0 radical (unpaired) electrons. The van der Waals surface area contributed by atoms with Crippen LogP contribution in [0.4, 0.5) is 0 Å². The van der Waals surface area contributed by atoms with Gasteiger partial charge in [0.2, 0.25) is 5.91 Å². The van der Waals surface area contributed by atoms with E-state index < -0.39 is 0 Å². The maximum atomic E-state index is 11.3. The molecule has 0 saturated heterocycles. The van der Waals surface area contributed by atoms with E-state index >= 15 is 0 Å². The van der Waals surface area contributed by atoms with E-state index in [1.807, 2.05) is 19.2 Å². The van der Waals surface area contributed by atoms with Gasteiger partial charge in [-0.2, -0.15) is 5.10 Å². The van der Waals surface area contributed by atoms with Crippen molar-refractivity contribution in [1.82, 2.24) is 15.1 Å². The number of carbonyl (C=O) groups excluding carboxylic acids is 1. The Bertz CT molecular complexity index is 307. The first-order chi connectivity index (χ1) is 7.22. The van der Waals surface area contributed by atoms with Crippen molar-refractivity contribution >= 4 is 5.91 Å². The van der Waals surface area contributed by atoms with Gasteiger partial charge in [-0.15, -0.1) is 0 Å². The SMILES string of the molecule is CCCCNC(=O)CCn1ccc(C)n1. The van der Waals surface area contributed by atoms with E-state index in [0.717, 1.165) is 25.1 Å². The third kappa shape index (κ3) is 4.63. The molecule has 0 aromatic carbocycles. The van der Waals surface area contributed by atoms with E-state index in [4.69, 9.17) is 0 Å². The van der Waals surface area contributed by atoms with Crippen LogP contribution in [-0.4, -0.2) is 22.2 Å². The van der Waals surface area contributed by atoms with Gasteiger partial charge in [0.15, 0.2) is 0 Å². The summed E-state index contributed by atoms with van der Waals surface area (Å²) >= 11 is 0. The normalized spacial score (nSPS) is 10.3. The predicted molar refractivity (Wildman–Crippen MR) is 59.5 cm³/mol. The molecule has 1 rings (SSSR count). The highest BCUT2D eigenvalue weighted by Gasteiger charge is 2.01. The largest absolute Gasteiger partial charge is 0.356 e. The number of hydrogen-bond donors (Lipinski definition) is 1. The minimum Gasteiger partial charge on any atom is -0.356 e. The van der Waals surface area contributed by atoms with Gasteiger partial charge in [-0.3, -0.25) is 9.48 Å². The van der Waals surface area contributed by atoms with Crippen molar-refractivity contribution in [2.75, 3.05) is 6.54 Å². The maximum absolute atomic E-state index is 11.3. The molecule has 0 bridgehead atoms. The van der Waals surface area contributed by atoms with Crippen molar-refractivity contribution in [1.29, 1.82) is 0 Å². The van der Waals surface area contributed by atoms with Crippen LogP contribution in [-0.2, 0) is 11.3 Å². The van der Waals surface area contributed by atoms with Crippen LogP contribution in [0.1, 0.15) is 31.9 Å². The van der Waals surface area contributed by atoms with E-state index in [1.54, 1.807) is 4.68 Å². The lowest BCUT2D eigenvalue weighted by Crippen LogP contribution is -2.25. The summed E-state index contributed by atoms with van der Waals surface area (Å²) in [5.41, 5.74) is 0.987. The van der Waals surface area contributed by atoms with Crippen LogP contribution in [0, 0.1) is 6.92 Å². The number of nitrogens with one attached hydrogen (secondary N) is 1. The summed E-state index contributed by atoms with van der Waals surface area (Å²) < 4.78 is 1.80. The molecule has 0 unspecified atom stereocenters. The van der Waals surface area contributed by atoms with Gasteiger partial charge in [0, 0.05) is 25.7 Å². The quantitative estimate of drug-likeness (QED) is 0.722. The van der Waals surface area contributed by atoms with Gasteiger partial charge in [-0.05, 0) is 19.4 Å². The highest BCUT2D eigenvalue weighted by Crippen LogP contribution is 1.94. The molecule has 0 saturated carbocycles. The van der Waals surface area contributed by atoms with Crippen molar-refractivity contribution < 1.29 is 4.79 Å². The molecule has 1 N–H and O–H groups in total. The minimum absolute atomic E-state index is 0.108. The third-order valence-corrected chi connectivity index (χ3v) is 2.19. The summed E-state index contributed by atoms with van der Waals surface area (Å²) in [6.45, 7) is 5.50. The standard InChI is InChI=1S/C11H19N3O/c1-3-4-7-12-11(15)6-9-14-8-5-10(2)13-14/h5,8H,3-4,6-7,9H2,1-2H3,(H,12,15). The Balaban J connectivity index is 2.16. The molecule has 0 aliphatic heterocycles. The van der Waals surface area contributed by atoms with Gasteiger partial charge in [0.1, 0.15) is 0 Å². The van der Waals surface area contributed by atoms with Crippen LogP contribution in [0.25, 0.3) is 0 Å². The van der Waals surface area contributed by atoms with Crippen LogP contribution in [0.5, 0.6) is 0 Å². The Labute approximate surface area is 90.7 Å². The molecule has 0 fully saturated rings. The van der Waals surface area contributed by atoms with Crippen LogP contribution in [0.15, 0.2) is 12.3 Å². The predicted octanol–water partition coefficient (Wildman–Crippen LogP) is 1.50. The highest BCUT2D eigenvalue weighted by atomic mass is 16.1. The van der Waals surface area contributed by atoms with Gasteiger partial charge in [0.25, 0.3) is 0 Å². The fraction of sp³-hybridized carbons (Fsp3) is 0.636. The zero-order valence-corrected chi connectivity index (χ0v) is 9.49. The number of amides is 1. The lowest BCUT2D eigenvalue weighted by Gasteiger charge is -2.04. The summed E-state index contributed by atoms with van der Waals surface area (Å²) in [5.74, 6) is 0.108. The average Bonchev–Trinajstić information content (AvgIpc) is 2.62. The molecule has 1 amide bonds.